The summed E-state index contributed by atoms with van der Waals surface area (Å²) in [6, 6.07) is 0. The van der Waals surface area contributed by atoms with Crippen molar-refractivity contribution in [3.05, 3.63) is 5.82 Å². The van der Waals surface area contributed by atoms with Crippen molar-refractivity contribution in [3.63, 3.8) is 0 Å². The quantitative estimate of drug-likeness (QED) is 0.662. The normalized spacial score (nSPS) is 24.1. The van der Waals surface area contributed by atoms with E-state index in [4.69, 9.17) is 4.74 Å². The van der Waals surface area contributed by atoms with E-state index in [1.807, 2.05) is 7.05 Å². The van der Waals surface area contributed by atoms with Crippen LogP contribution in [-0.2, 0) is 16.6 Å². The van der Waals surface area contributed by atoms with Gasteiger partial charge in [0.2, 0.25) is 0 Å². The average Bonchev–Trinajstić information content (AvgIpc) is 3.04. The topological polar surface area (TPSA) is 69.0 Å². The van der Waals surface area contributed by atoms with Gasteiger partial charge in [-0.15, -0.1) is 10.2 Å². The molecule has 1 N–H and O–H groups in total. The Morgan fingerprint density at radius 3 is 2.85 bits per heavy atom. The predicted molar refractivity (Wildman–Crippen MR) is 75.7 cm³/mol. The molecule has 0 aliphatic carbocycles. The van der Waals surface area contributed by atoms with Gasteiger partial charge in [-0.25, -0.2) is 0 Å². The number of piperidine rings is 1. The molecule has 3 heterocycles. The van der Waals surface area contributed by atoms with Gasteiger partial charge in [-0.3, -0.25) is 4.79 Å². The third kappa shape index (κ3) is 2.98. The van der Waals surface area contributed by atoms with Crippen molar-refractivity contribution in [3.8, 4) is 0 Å². The highest BCUT2D eigenvalue weighted by molar-refractivity contribution is 7.99. The zero-order valence-corrected chi connectivity index (χ0v) is 12.5. The molecule has 110 valence electrons. The molecule has 2 aliphatic rings. The molecule has 2 aliphatic heterocycles. The molecule has 0 saturated carbocycles. The largest absolute Gasteiger partial charge is 0.461 e. The van der Waals surface area contributed by atoms with Crippen LogP contribution < -0.4 is 5.32 Å². The second kappa shape index (κ2) is 6.13. The standard InChI is InChI=1S/C13H20N4O2S/c1-17-12(9-4-6-14-7-5-9)15-16-13(17)20-8-10-2-3-11(18)19-10/h9-10,14H,2-8H2,1H3/t10-/m0/s1. The molecule has 0 aromatic carbocycles. The molecule has 0 unspecified atom stereocenters. The van der Waals surface area contributed by atoms with Crippen molar-refractivity contribution in [2.75, 3.05) is 18.8 Å². The van der Waals surface area contributed by atoms with Gasteiger partial charge in [0.1, 0.15) is 11.9 Å². The molecule has 0 amide bonds. The Kier molecular flexibility index (Phi) is 4.26. The van der Waals surface area contributed by atoms with E-state index in [1.165, 1.54) is 0 Å². The Morgan fingerprint density at radius 1 is 1.35 bits per heavy atom. The van der Waals surface area contributed by atoms with Crippen LogP contribution in [0.2, 0.25) is 0 Å². The van der Waals surface area contributed by atoms with Gasteiger partial charge in [-0.2, -0.15) is 0 Å². The van der Waals surface area contributed by atoms with Crippen molar-refractivity contribution in [1.29, 1.82) is 0 Å². The summed E-state index contributed by atoms with van der Waals surface area (Å²) in [7, 11) is 2.03. The van der Waals surface area contributed by atoms with Crippen molar-refractivity contribution in [2.24, 2.45) is 7.05 Å². The minimum atomic E-state index is -0.0797. The monoisotopic (exact) mass is 296 g/mol. The first-order valence-corrected chi connectivity index (χ1v) is 8.15. The SMILES string of the molecule is Cn1c(SC[C@@H]2CCC(=O)O2)nnc1C1CCNCC1. The Balaban J connectivity index is 1.59. The number of carbonyl (C=O) groups excluding carboxylic acids is 1. The lowest BCUT2D eigenvalue weighted by molar-refractivity contribution is -0.140. The number of aromatic nitrogens is 3. The van der Waals surface area contributed by atoms with Crippen LogP contribution in [0.25, 0.3) is 0 Å². The molecular formula is C13H20N4O2S. The molecule has 0 spiro atoms. The summed E-state index contributed by atoms with van der Waals surface area (Å²) >= 11 is 1.63. The molecule has 1 aromatic rings. The van der Waals surface area contributed by atoms with Gasteiger partial charge in [0.05, 0.1) is 0 Å². The zero-order chi connectivity index (χ0) is 13.9. The molecule has 2 saturated heterocycles. The molecule has 3 rings (SSSR count). The van der Waals surface area contributed by atoms with E-state index < -0.39 is 0 Å². The third-order valence-electron chi connectivity index (χ3n) is 3.94. The molecule has 0 bridgehead atoms. The smallest absolute Gasteiger partial charge is 0.306 e. The fourth-order valence-corrected chi connectivity index (χ4v) is 3.71. The van der Waals surface area contributed by atoms with Gasteiger partial charge in [0, 0.05) is 25.1 Å². The van der Waals surface area contributed by atoms with Gasteiger partial charge in [0.25, 0.3) is 0 Å². The molecule has 0 radical (unpaired) electrons. The van der Waals surface area contributed by atoms with Gasteiger partial charge >= 0.3 is 5.97 Å². The minimum absolute atomic E-state index is 0.0338. The number of rotatable bonds is 4. The second-order valence-electron chi connectivity index (χ2n) is 5.39. The Hall–Kier alpha value is -1.08. The molecule has 20 heavy (non-hydrogen) atoms. The number of carbonyl (C=O) groups is 1. The maximum Gasteiger partial charge on any atom is 0.306 e. The molecule has 7 heteroatoms. The number of cyclic esters (lactones) is 1. The molecule has 1 atom stereocenters. The van der Waals surface area contributed by atoms with E-state index in [-0.39, 0.29) is 12.1 Å². The van der Waals surface area contributed by atoms with Crippen molar-refractivity contribution in [1.82, 2.24) is 20.1 Å². The predicted octanol–water partition coefficient (Wildman–Crippen LogP) is 1.08. The average molecular weight is 296 g/mol. The Morgan fingerprint density at radius 2 is 2.15 bits per heavy atom. The van der Waals surface area contributed by atoms with Crippen LogP contribution in [0, 0.1) is 0 Å². The number of hydrogen-bond donors (Lipinski definition) is 1. The highest BCUT2D eigenvalue weighted by Crippen LogP contribution is 2.28. The van der Waals surface area contributed by atoms with E-state index in [0.29, 0.717) is 12.3 Å². The van der Waals surface area contributed by atoms with E-state index in [0.717, 1.165) is 49.1 Å². The van der Waals surface area contributed by atoms with E-state index >= 15 is 0 Å². The van der Waals surface area contributed by atoms with Crippen LogP contribution in [0.4, 0.5) is 0 Å². The van der Waals surface area contributed by atoms with Gasteiger partial charge in [0.15, 0.2) is 5.16 Å². The van der Waals surface area contributed by atoms with Crippen LogP contribution in [-0.4, -0.2) is 45.7 Å². The number of nitrogens with one attached hydrogen (secondary N) is 1. The number of nitrogens with zero attached hydrogens (tertiary/aromatic N) is 3. The summed E-state index contributed by atoms with van der Waals surface area (Å²) in [4.78, 5) is 11.1. The summed E-state index contributed by atoms with van der Waals surface area (Å²) in [6.45, 7) is 2.11. The molecule has 6 nitrogen and oxygen atoms in total. The number of esters is 1. The van der Waals surface area contributed by atoms with Gasteiger partial charge < -0.3 is 14.6 Å². The maximum atomic E-state index is 11.1. The summed E-state index contributed by atoms with van der Waals surface area (Å²) in [5.41, 5.74) is 0. The Bertz CT molecular complexity index is 485. The number of thioether (sulfide) groups is 1. The maximum absolute atomic E-state index is 11.1. The van der Waals surface area contributed by atoms with Crippen LogP contribution in [0.5, 0.6) is 0 Å². The fourth-order valence-electron chi connectivity index (χ4n) is 2.75. The fraction of sp³-hybridized carbons (Fsp3) is 0.769. The summed E-state index contributed by atoms with van der Waals surface area (Å²) < 4.78 is 7.32. The highest BCUT2D eigenvalue weighted by atomic mass is 32.2. The lowest BCUT2D eigenvalue weighted by Crippen LogP contribution is -2.27. The first-order chi connectivity index (χ1) is 9.74. The van der Waals surface area contributed by atoms with Crippen LogP contribution in [0.15, 0.2) is 5.16 Å². The minimum Gasteiger partial charge on any atom is -0.461 e. The number of ether oxygens (including phenoxy) is 1. The van der Waals surface area contributed by atoms with Crippen molar-refractivity contribution >= 4 is 17.7 Å². The summed E-state index contributed by atoms with van der Waals surface area (Å²) in [5, 5.41) is 12.9. The first kappa shape index (κ1) is 13.9. The van der Waals surface area contributed by atoms with Crippen LogP contribution in [0.3, 0.4) is 0 Å². The Labute approximate surface area is 122 Å². The lowest BCUT2D eigenvalue weighted by Gasteiger charge is -2.21. The van der Waals surface area contributed by atoms with Gasteiger partial charge in [-0.05, 0) is 32.4 Å². The lowest BCUT2D eigenvalue weighted by atomic mass is 9.97. The molecular weight excluding hydrogens is 276 g/mol. The van der Waals surface area contributed by atoms with Crippen LogP contribution in [0.1, 0.15) is 37.4 Å². The van der Waals surface area contributed by atoms with Crippen molar-refractivity contribution < 1.29 is 9.53 Å². The van der Waals surface area contributed by atoms with E-state index in [1.54, 1.807) is 11.8 Å². The van der Waals surface area contributed by atoms with Gasteiger partial charge in [-0.1, -0.05) is 11.8 Å². The van der Waals surface area contributed by atoms with E-state index in [2.05, 4.69) is 20.1 Å². The highest BCUT2D eigenvalue weighted by Gasteiger charge is 2.25. The molecule has 1 aromatic heterocycles. The zero-order valence-electron chi connectivity index (χ0n) is 11.7. The summed E-state index contributed by atoms with van der Waals surface area (Å²) in [6.07, 6.45) is 3.65. The second-order valence-corrected chi connectivity index (χ2v) is 6.37. The third-order valence-corrected chi connectivity index (χ3v) is 5.09. The van der Waals surface area contributed by atoms with E-state index in [9.17, 15) is 4.79 Å². The first-order valence-electron chi connectivity index (χ1n) is 7.16. The van der Waals surface area contributed by atoms with Crippen molar-refractivity contribution in [2.45, 2.75) is 42.9 Å². The summed E-state index contributed by atoms with van der Waals surface area (Å²) in [5.74, 6) is 2.28. The molecule has 2 fully saturated rings. The van der Waals surface area contributed by atoms with Crippen LogP contribution >= 0.6 is 11.8 Å². The number of hydrogen-bond acceptors (Lipinski definition) is 6.